The summed E-state index contributed by atoms with van der Waals surface area (Å²) in [5.41, 5.74) is 0.961. The molecule has 4 nitrogen and oxygen atoms in total. The van der Waals surface area contributed by atoms with Crippen LogP contribution < -0.4 is 0 Å². The van der Waals surface area contributed by atoms with Crippen LogP contribution in [0.25, 0.3) is 11.4 Å². The number of benzene rings is 1. The van der Waals surface area contributed by atoms with E-state index in [9.17, 15) is 5.11 Å². The number of aliphatic hydroxyl groups excluding tert-OH is 1. The van der Waals surface area contributed by atoms with Gasteiger partial charge in [-0.15, -0.1) is 10.2 Å². The zero-order valence-corrected chi connectivity index (χ0v) is 10.4. The zero-order chi connectivity index (χ0) is 11.8. The fourth-order valence-electron chi connectivity index (χ4n) is 1.81. The van der Waals surface area contributed by atoms with Gasteiger partial charge in [0.15, 0.2) is 11.0 Å². The number of nitrogens with zero attached hydrogens (tertiary/aromatic N) is 3. The van der Waals surface area contributed by atoms with Gasteiger partial charge in [-0.3, -0.25) is 4.57 Å². The number of thioether (sulfide) groups is 1. The molecule has 88 valence electrons. The molecule has 1 N–H and O–H groups in total. The highest BCUT2D eigenvalue weighted by atomic mass is 35.5. The summed E-state index contributed by atoms with van der Waals surface area (Å²) >= 11 is 7.38. The maximum atomic E-state index is 9.67. The minimum absolute atomic E-state index is 0.338. The molecule has 1 aromatic carbocycles. The van der Waals surface area contributed by atoms with Crippen LogP contribution in [0.5, 0.6) is 0 Å². The van der Waals surface area contributed by atoms with Gasteiger partial charge >= 0.3 is 0 Å². The van der Waals surface area contributed by atoms with Crippen molar-refractivity contribution in [2.24, 2.45) is 0 Å². The molecule has 1 aromatic heterocycles. The van der Waals surface area contributed by atoms with Gasteiger partial charge in [-0.1, -0.05) is 23.4 Å². The number of rotatable bonds is 1. The van der Waals surface area contributed by atoms with Gasteiger partial charge in [0.25, 0.3) is 0 Å². The van der Waals surface area contributed by atoms with Crippen LogP contribution in [0.3, 0.4) is 0 Å². The molecule has 2 aromatic rings. The Morgan fingerprint density at radius 3 is 2.82 bits per heavy atom. The molecule has 3 rings (SSSR count). The van der Waals surface area contributed by atoms with Gasteiger partial charge in [0, 0.05) is 16.3 Å². The lowest BCUT2D eigenvalue weighted by Gasteiger charge is -2.19. The fourth-order valence-corrected chi connectivity index (χ4v) is 2.80. The number of hydrogen-bond acceptors (Lipinski definition) is 4. The van der Waals surface area contributed by atoms with E-state index in [1.54, 1.807) is 0 Å². The first-order valence-electron chi connectivity index (χ1n) is 5.24. The van der Waals surface area contributed by atoms with Crippen molar-refractivity contribution >= 4 is 23.4 Å². The molecule has 1 atom stereocenters. The van der Waals surface area contributed by atoms with Gasteiger partial charge in [0.1, 0.15) is 0 Å². The molecular formula is C11H10ClN3OS. The van der Waals surface area contributed by atoms with Crippen molar-refractivity contribution in [2.45, 2.75) is 17.8 Å². The largest absolute Gasteiger partial charge is 0.390 e. The molecule has 0 radical (unpaired) electrons. The van der Waals surface area contributed by atoms with Crippen LogP contribution in [0.4, 0.5) is 0 Å². The van der Waals surface area contributed by atoms with Gasteiger partial charge in [0.2, 0.25) is 0 Å². The second kappa shape index (κ2) is 4.33. The maximum absolute atomic E-state index is 9.67. The molecule has 1 unspecified atom stereocenters. The van der Waals surface area contributed by atoms with Gasteiger partial charge in [0.05, 0.1) is 12.6 Å². The van der Waals surface area contributed by atoms with E-state index >= 15 is 0 Å². The second-order valence-corrected chi connectivity index (χ2v) is 5.31. The fraction of sp³-hybridized carbons (Fsp3) is 0.273. The molecule has 0 saturated heterocycles. The Hall–Kier alpha value is -1.04. The van der Waals surface area contributed by atoms with Crippen LogP contribution in [-0.4, -0.2) is 31.7 Å². The van der Waals surface area contributed by atoms with E-state index in [4.69, 9.17) is 11.6 Å². The average molecular weight is 268 g/mol. The molecule has 0 spiro atoms. The van der Waals surface area contributed by atoms with E-state index in [1.165, 1.54) is 11.8 Å². The Balaban J connectivity index is 2.04. The summed E-state index contributed by atoms with van der Waals surface area (Å²) in [5.74, 6) is 1.46. The van der Waals surface area contributed by atoms with Crippen LogP contribution in [0, 0.1) is 0 Å². The summed E-state index contributed by atoms with van der Waals surface area (Å²) in [5, 5.41) is 19.5. The van der Waals surface area contributed by atoms with Crippen LogP contribution >= 0.6 is 23.4 Å². The predicted octanol–water partition coefficient (Wildman–Crippen LogP) is 2.07. The Morgan fingerprint density at radius 2 is 2.06 bits per heavy atom. The third-order valence-corrected chi connectivity index (χ3v) is 3.98. The Kier molecular flexibility index (Phi) is 2.82. The number of aromatic nitrogens is 3. The molecular weight excluding hydrogens is 258 g/mol. The van der Waals surface area contributed by atoms with Crippen molar-refractivity contribution in [3.05, 3.63) is 29.3 Å². The third kappa shape index (κ3) is 2.06. The van der Waals surface area contributed by atoms with Crippen LogP contribution in [-0.2, 0) is 6.54 Å². The van der Waals surface area contributed by atoms with Gasteiger partial charge < -0.3 is 5.11 Å². The van der Waals surface area contributed by atoms with Gasteiger partial charge in [-0.2, -0.15) is 0 Å². The molecule has 1 aliphatic rings. The Morgan fingerprint density at radius 1 is 1.29 bits per heavy atom. The van der Waals surface area contributed by atoms with Crippen molar-refractivity contribution in [1.82, 2.24) is 14.8 Å². The minimum Gasteiger partial charge on any atom is -0.390 e. The van der Waals surface area contributed by atoms with Gasteiger partial charge in [-0.05, 0) is 24.3 Å². The molecule has 2 heterocycles. The molecule has 0 fully saturated rings. The number of fused-ring (bicyclic) bond motifs is 1. The first kappa shape index (κ1) is 11.1. The number of hydrogen-bond donors (Lipinski definition) is 1. The highest BCUT2D eigenvalue weighted by Gasteiger charge is 2.22. The summed E-state index contributed by atoms with van der Waals surface area (Å²) in [6.45, 7) is 0.549. The lowest BCUT2D eigenvalue weighted by atomic mass is 10.2. The van der Waals surface area contributed by atoms with E-state index in [0.717, 1.165) is 16.5 Å². The Bertz CT molecular complexity index is 540. The van der Waals surface area contributed by atoms with Crippen LogP contribution in [0.1, 0.15) is 0 Å². The lowest BCUT2D eigenvalue weighted by Crippen LogP contribution is -2.24. The van der Waals surface area contributed by atoms with Crippen LogP contribution in [0.15, 0.2) is 29.4 Å². The second-order valence-electron chi connectivity index (χ2n) is 3.89. The highest BCUT2D eigenvalue weighted by Crippen LogP contribution is 2.29. The summed E-state index contributed by atoms with van der Waals surface area (Å²) < 4.78 is 1.95. The maximum Gasteiger partial charge on any atom is 0.191 e. The molecule has 0 bridgehead atoms. The standard InChI is InChI=1S/C11H10ClN3OS/c12-8-3-1-7(2-4-8)10-13-14-11-15(10)5-9(16)6-17-11/h1-4,9,16H,5-6H2. The van der Waals surface area contributed by atoms with E-state index in [1.807, 2.05) is 28.8 Å². The van der Waals surface area contributed by atoms with Crippen molar-refractivity contribution in [3.63, 3.8) is 0 Å². The number of aliphatic hydroxyl groups is 1. The first-order valence-corrected chi connectivity index (χ1v) is 6.60. The molecule has 0 aliphatic carbocycles. The van der Waals surface area contributed by atoms with E-state index in [-0.39, 0.29) is 6.10 Å². The number of halogens is 1. The topological polar surface area (TPSA) is 50.9 Å². The molecule has 17 heavy (non-hydrogen) atoms. The normalized spacial score (nSPS) is 19.1. The van der Waals surface area contributed by atoms with E-state index < -0.39 is 0 Å². The molecule has 1 aliphatic heterocycles. The predicted molar refractivity (Wildman–Crippen MR) is 67.2 cm³/mol. The summed E-state index contributed by atoms with van der Waals surface area (Å²) in [6.07, 6.45) is -0.338. The van der Waals surface area contributed by atoms with Crippen LogP contribution in [0.2, 0.25) is 5.02 Å². The summed E-state index contributed by atoms with van der Waals surface area (Å²) in [7, 11) is 0. The van der Waals surface area contributed by atoms with Gasteiger partial charge in [-0.25, -0.2) is 0 Å². The van der Waals surface area contributed by atoms with Crippen molar-refractivity contribution in [3.8, 4) is 11.4 Å². The lowest BCUT2D eigenvalue weighted by molar-refractivity contribution is 0.171. The Labute approximate surface area is 108 Å². The average Bonchev–Trinajstić information content (AvgIpc) is 2.73. The molecule has 0 saturated carbocycles. The highest BCUT2D eigenvalue weighted by molar-refractivity contribution is 7.99. The quantitative estimate of drug-likeness (QED) is 0.859. The summed E-state index contributed by atoms with van der Waals surface area (Å²) in [6, 6.07) is 7.46. The SMILES string of the molecule is OC1CSc2nnc(-c3ccc(Cl)cc3)n2C1. The monoisotopic (exact) mass is 267 g/mol. The summed E-state index contributed by atoms with van der Waals surface area (Å²) in [4.78, 5) is 0. The van der Waals surface area contributed by atoms with Crippen molar-refractivity contribution < 1.29 is 5.11 Å². The van der Waals surface area contributed by atoms with Crippen molar-refractivity contribution in [2.75, 3.05) is 5.75 Å². The third-order valence-electron chi connectivity index (χ3n) is 2.62. The van der Waals surface area contributed by atoms with Crippen molar-refractivity contribution in [1.29, 1.82) is 0 Å². The zero-order valence-electron chi connectivity index (χ0n) is 8.88. The minimum atomic E-state index is -0.338. The first-order chi connectivity index (χ1) is 8.24. The smallest absolute Gasteiger partial charge is 0.191 e. The van der Waals surface area contributed by atoms with E-state index in [2.05, 4.69) is 10.2 Å². The molecule has 6 heteroatoms. The van der Waals surface area contributed by atoms with E-state index in [0.29, 0.717) is 17.3 Å². The molecule has 0 amide bonds.